The Morgan fingerprint density at radius 3 is 1.93 bits per heavy atom. The molecule has 0 aliphatic carbocycles. The summed E-state index contributed by atoms with van der Waals surface area (Å²) in [6, 6.07) is 30.1. The zero-order valence-electron chi connectivity index (χ0n) is 15.9. The first-order valence-electron chi connectivity index (χ1n) is 9.22. The minimum Gasteiger partial charge on any atom is -0.340 e. The van der Waals surface area contributed by atoms with Crippen LogP contribution in [0.2, 0.25) is 0 Å². The number of aromatic nitrogens is 2. The third kappa shape index (κ3) is 4.41. The van der Waals surface area contributed by atoms with E-state index in [9.17, 15) is 0 Å². The fraction of sp³-hybridized carbons (Fsp3) is 0. The van der Waals surface area contributed by atoms with Crippen molar-refractivity contribution in [1.29, 1.82) is 10.5 Å². The molecule has 0 aliphatic heterocycles. The van der Waals surface area contributed by atoms with Crippen LogP contribution in [0.1, 0.15) is 11.1 Å². The Balaban J connectivity index is 1.70. The van der Waals surface area contributed by atoms with Gasteiger partial charge >= 0.3 is 0 Å². The zero-order valence-corrected chi connectivity index (χ0v) is 15.9. The van der Waals surface area contributed by atoms with Crippen molar-refractivity contribution in [3.8, 4) is 23.5 Å². The molecule has 4 aromatic rings. The molecule has 0 fully saturated rings. The second-order valence-corrected chi connectivity index (χ2v) is 6.46. The first kappa shape index (κ1) is 18.7. The number of nitriles is 2. The predicted octanol–water partition coefficient (Wildman–Crippen LogP) is 5.37. The normalized spacial score (nSPS) is 9.93. The van der Waals surface area contributed by atoms with Gasteiger partial charge < -0.3 is 10.6 Å². The van der Waals surface area contributed by atoms with Crippen molar-refractivity contribution >= 4 is 23.0 Å². The number of benzene rings is 3. The maximum Gasteiger partial charge on any atom is 0.163 e. The Hall–Kier alpha value is -4.68. The van der Waals surface area contributed by atoms with E-state index in [-0.39, 0.29) is 0 Å². The number of anilines is 4. The van der Waals surface area contributed by atoms with E-state index in [1.165, 1.54) is 0 Å². The molecule has 4 rings (SSSR count). The van der Waals surface area contributed by atoms with Crippen LogP contribution >= 0.6 is 0 Å². The van der Waals surface area contributed by atoms with Gasteiger partial charge in [0, 0.05) is 23.0 Å². The molecule has 6 nitrogen and oxygen atoms in total. The van der Waals surface area contributed by atoms with E-state index in [2.05, 4.69) is 32.7 Å². The summed E-state index contributed by atoms with van der Waals surface area (Å²) in [5.41, 5.74) is 3.61. The summed E-state index contributed by atoms with van der Waals surface area (Å²) in [6.07, 6.45) is 0. The van der Waals surface area contributed by atoms with Gasteiger partial charge in [0.05, 0.1) is 23.3 Å². The molecule has 0 amide bonds. The van der Waals surface area contributed by atoms with Crippen molar-refractivity contribution in [2.24, 2.45) is 0 Å². The second-order valence-electron chi connectivity index (χ2n) is 6.46. The Kier molecular flexibility index (Phi) is 5.32. The highest BCUT2D eigenvalue weighted by atomic mass is 15.1. The van der Waals surface area contributed by atoms with Gasteiger partial charge in [-0.15, -0.1) is 0 Å². The van der Waals surface area contributed by atoms with Gasteiger partial charge in [-0.3, -0.25) is 0 Å². The molecule has 0 atom stereocenters. The SMILES string of the molecule is N#Cc1ccc(Nc2cc(Nc3cccc(C#N)c3)nc(-c3ccccc3)n2)cc1. The first-order chi connectivity index (χ1) is 14.7. The minimum absolute atomic E-state index is 0.563. The number of hydrogen-bond donors (Lipinski definition) is 2. The van der Waals surface area contributed by atoms with E-state index in [0.717, 1.165) is 16.9 Å². The van der Waals surface area contributed by atoms with Gasteiger partial charge in [0.15, 0.2) is 5.82 Å². The molecule has 0 saturated carbocycles. The number of hydrogen-bond acceptors (Lipinski definition) is 6. The highest BCUT2D eigenvalue weighted by Gasteiger charge is 2.08. The van der Waals surface area contributed by atoms with E-state index in [1.807, 2.05) is 54.6 Å². The Morgan fingerprint density at radius 2 is 1.27 bits per heavy atom. The predicted molar refractivity (Wildman–Crippen MR) is 116 cm³/mol. The lowest BCUT2D eigenvalue weighted by Crippen LogP contribution is -2.02. The fourth-order valence-electron chi connectivity index (χ4n) is 2.88. The summed E-state index contributed by atoms with van der Waals surface area (Å²) >= 11 is 0. The highest BCUT2D eigenvalue weighted by Crippen LogP contribution is 2.25. The van der Waals surface area contributed by atoms with E-state index in [4.69, 9.17) is 10.5 Å². The number of nitrogens with one attached hydrogen (secondary N) is 2. The molecule has 2 N–H and O–H groups in total. The Morgan fingerprint density at radius 1 is 0.600 bits per heavy atom. The summed E-state index contributed by atoms with van der Waals surface area (Å²) in [6.45, 7) is 0. The smallest absolute Gasteiger partial charge is 0.163 e. The first-order valence-corrected chi connectivity index (χ1v) is 9.22. The van der Waals surface area contributed by atoms with Crippen LogP contribution in [0.25, 0.3) is 11.4 Å². The molecular weight excluding hydrogens is 372 g/mol. The van der Waals surface area contributed by atoms with Gasteiger partial charge in [0.25, 0.3) is 0 Å². The van der Waals surface area contributed by atoms with E-state index >= 15 is 0 Å². The van der Waals surface area contributed by atoms with E-state index in [0.29, 0.717) is 28.6 Å². The number of rotatable bonds is 5. The van der Waals surface area contributed by atoms with Crippen molar-refractivity contribution in [1.82, 2.24) is 9.97 Å². The Bertz CT molecular complexity index is 1250. The minimum atomic E-state index is 0.563. The van der Waals surface area contributed by atoms with Gasteiger partial charge in [-0.2, -0.15) is 10.5 Å². The second kappa shape index (κ2) is 8.55. The quantitative estimate of drug-likeness (QED) is 0.477. The lowest BCUT2D eigenvalue weighted by Gasteiger charge is -2.12. The molecular formula is C24H16N6. The molecule has 0 bridgehead atoms. The van der Waals surface area contributed by atoms with Gasteiger partial charge in [0.1, 0.15) is 11.6 Å². The lowest BCUT2D eigenvalue weighted by molar-refractivity contribution is 1.17. The summed E-state index contributed by atoms with van der Waals surface area (Å²) in [5.74, 6) is 1.76. The summed E-state index contributed by atoms with van der Waals surface area (Å²) in [4.78, 5) is 9.27. The van der Waals surface area contributed by atoms with Crippen LogP contribution in [0.3, 0.4) is 0 Å². The summed E-state index contributed by atoms with van der Waals surface area (Å²) in [7, 11) is 0. The van der Waals surface area contributed by atoms with Crippen molar-refractivity contribution in [2.45, 2.75) is 0 Å². The topological polar surface area (TPSA) is 97.4 Å². The van der Waals surface area contributed by atoms with Gasteiger partial charge in [-0.25, -0.2) is 9.97 Å². The van der Waals surface area contributed by atoms with Crippen molar-refractivity contribution in [2.75, 3.05) is 10.6 Å². The zero-order chi connectivity index (χ0) is 20.8. The van der Waals surface area contributed by atoms with Crippen LogP contribution in [-0.2, 0) is 0 Å². The van der Waals surface area contributed by atoms with Gasteiger partial charge in [0.2, 0.25) is 0 Å². The molecule has 3 aromatic carbocycles. The molecule has 1 aromatic heterocycles. The fourth-order valence-corrected chi connectivity index (χ4v) is 2.88. The van der Waals surface area contributed by atoms with Crippen molar-refractivity contribution in [3.05, 3.63) is 96.1 Å². The van der Waals surface area contributed by atoms with Gasteiger partial charge in [-0.05, 0) is 42.5 Å². The maximum absolute atomic E-state index is 9.13. The van der Waals surface area contributed by atoms with Crippen LogP contribution in [0.5, 0.6) is 0 Å². The standard InChI is InChI=1S/C24H16N6/c25-15-17-9-11-20(12-10-17)27-22-14-23(28-21-8-4-5-18(13-21)16-26)30-24(29-22)19-6-2-1-3-7-19/h1-14H,(H2,27,28,29,30). The molecule has 30 heavy (non-hydrogen) atoms. The largest absolute Gasteiger partial charge is 0.340 e. The molecule has 0 aliphatic rings. The third-order valence-corrected chi connectivity index (χ3v) is 4.31. The summed E-state index contributed by atoms with van der Waals surface area (Å²) < 4.78 is 0. The monoisotopic (exact) mass is 388 g/mol. The van der Waals surface area contributed by atoms with Crippen LogP contribution in [-0.4, -0.2) is 9.97 Å². The summed E-state index contributed by atoms with van der Waals surface area (Å²) in [5, 5.41) is 24.6. The molecule has 6 heteroatoms. The highest BCUT2D eigenvalue weighted by molar-refractivity contribution is 5.68. The van der Waals surface area contributed by atoms with E-state index < -0.39 is 0 Å². The number of nitrogens with zero attached hydrogens (tertiary/aromatic N) is 4. The van der Waals surface area contributed by atoms with Crippen LogP contribution in [0.15, 0.2) is 84.9 Å². The maximum atomic E-state index is 9.13. The molecule has 0 saturated heterocycles. The van der Waals surface area contributed by atoms with E-state index in [1.54, 1.807) is 30.3 Å². The average Bonchev–Trinajstić information content (AvgIpc) is 2.80. The lowest BCUT2D eigenvalue weighted by atomic mass is 10.2. The van der Waals surface area contributed by atoms with Crippen LogP contribution < -0.4 is 10.6 Å². The Labute approximate surface area is 174 Å². The molecule has 0 radical (unpaired) electrons. The third-order valence-electron chi connectivity index (χ3n) is 4.31. The van der Waals surface area contributed by atoms with Crippen LogP contribution in [0.4, 0.5) is 23.0 Å². The molecule has 0 spiro atoms. The molecule has 142 valence electrons. The molecule has 0 unspecified atom stereocenters. The average molecular weight is 388 g/mol. The van der Waals surface area contributed by atoms with Gasteiger partial charge in [-0.1, -0.05) is 36.4 Å². The van der Waals surface area contributed by atoms with Crippen LogP contribution in [0, 0.1) is 22.7 Å². The van der Waals surface area contributed by atoms with Crippen molar-refractivity contribution in [3.63, 3.8) is 0 Å². The van der Waals surface area contributed by atoms with Crippen molar-refractivity contribution < 1.29 is 0 Å². The molecule has 1 heterocycles.